The van der Waals surface area contributed by atoms with Gasteiger partial charge in [-0.15, -0.1) is 0 Å². The van der Waals surface area contributed by atoms with Gasteiger partial charge in [-0.25, -0.2) is 0 Å². The van der Waals surface area contributed by atoms with Gasteiger partial charge in [-0.1, -0.05) is 119 Å². The summed E-state index contributed by atoms with van der Waals surface area (Å²) in [6, 6.07) is 45.6. The molecule has 0 bridgehead atoms. The molecule has 0 radical (unpaired) electrons. The minimum atomic E-state index is -0.0839. The van der Waals surface area contributed by atoms with Gasteiger partial charge in [-0.3, -0.25) is 0 Å². The Labute approximate surface area is 226 Å². The predicted octanol–water partition coefficient (Wildman–Crippen LogP) is 9.92. The molecule has 38 heavy (non-hydrogen) atoms. The molecule has 190 valence electrons. The molecule has 5 rings (SSSR count). The summed E-state index contributed by atoms with van der Waals surface area (Å²) in [5.74, 6) is 3.06. The molecule has 0 spiro atoms. The first-order valence-corrected chi connectivity index (χ1v) is 13.1. The fourth-order valence-electron chi connectivity index (χ4n) is 4.80. The number of hydrogen-bond donors (Lipinski definition) is 0. The molecule has 0 fully saturated rings. The van der Waals surface area contributed by atoms with Crippen molar-refractivity contribution in [3.63, 3.8) is 0 Å². The first kappa shape index (κ1) is 25.4. The van der Waals surface area contributed by atoms with Crippen molar-refractivity contribution in [3.05, 3.63) is 156 Å². The molecule has 2 heteroatoms. The SMILES string of the molecule is CC(C)(c1ccccc1)c1ccc(Oc2cccc(Oc3ccc(C(C)(C)c4ccccc4)cc3)c2)cc1. The lowest BCUT2D eigenvalue weighted by atomic mass is 9.78. The van der Waals surface area contributed by atoms with Crippen molar-refractivity contribution in [3.8, 4) is 23.0 Å². The molecule has 0 aliphatic heterocycles. The van der Waals surface area contributed by atoms with Gasteiger partial charge in [0.05, 0.1) is 0 Å². The van der Waals surface area contributed by atoms with Crippen LogP contribution in [0.15, 0.2) is 133 Å². The molecule has 2 nitrogen and oxygen atoms in total. The van der Waals surface area contributed by atoms with Crippen molar-refractivity contribution in [2.24, 2.45) is 0 Å². The molecule has 0 saturated heterocycles. The van der Waals surface area contributed by atoms with Gasteiger partial charge in [-0.2, -0.15) is 0 Å². The molecule has 0 amide bonds. The Morgan fingerprint density at radius 1 is 0.342 bits per heavy atom. The highest BCUT2D eigenvalue weighted by Crippen LogP contribution is 2.35. The van der Waals surface area contributed by atoms with Crippen LogP contribution in [-0.4, -0.2) is 0 Å². The van der Waals surface area contributed by atoms with Gasteiger partial charge in [0, 0.05) is 16.9 Å². The third-order valence-electron chi connectivity index (χ3n) is 7.42. The second-order valence-electron chi connectivity index (χ2n) is 10.7. The van der Waals surface area contributed by atoms with Crippen molar-refractivity contribution in [1.82, 2.24) is 0 Å². The maximum absolute atomic E-state index is 6.16. The van der Waals surface area contributed by atoms with Crippen LogP contribution in [-0.2, 0) is 10.8 Å². The molecular formula is C36H34O2. The zero-order valence-corrected chi connectivity index (χ0v) is 22.5. The fraction of sp³-hybridized carbons (Fsp3) is 0.167. The quantitative estimate of drug-likeness (QED) is 0.212. The van der Waals surface area contributed by atoms with Gasteiger partial charge in [0.2, 0.25) is 0 Å². The average Bonchev–Trinajstić information content (AvgIpc) is 2.95. The molecule has 0 aliphatic rings. The van der Waals surface area contributed by atoms with E-state index >= 15 is 0 Å². The van der Waals surface area contributed by atoms with Gasteiger partial charge < -0.3 is 9.47 Å². The van der Waals surface area contributed by atoms with Crippen molar-refractivity contribution in [1.29, 1.82) is 0 Å². The topological polar surface area (TPSA) is 18.5 Å². The lowest BCUT2D eigenvalue weighted by molar-refractivity contribution is 0.459. The van der Waals surface area contributed by atoms with Crippen LogP contribution in [0.5, 0.6) is 23.0 Å². The van der Waals surface area contributed by atoms with Gasteiger partial charge in [0.25, 0.3) is 0 Å². The molecule has 5 aromatic rings. The lowest BCUT2D eigenvalue weighted by Gasteiger charge is -2.26. The standard InChI is InChI=1S/C36H34O2/c1-35(2,27-12-7-5-8-13-27)29-18-22-31(23-19-29)37-33-16-11-17-34(26-33)38-32-24-20-30(21-25-32)36(3,4)28-14-9-6-10-15-28/h5-26H,1-4H3. The van der Waals surface area contributed by atoms with Crippen LogP contribution in [0, 0.1) is 0 Å². The number of hydrogen-bond acceptors (Lipinski definition) is 2. The summed E-state index contributed by atoms with van der Waals surface area (Å²) < 4.78 is 12.3. The number of rotatable bonds is 8. The summed E-state index contributed by atoms with van der Waals surface area (Å²) in [7, 11) is 0. The van der Waals surface area contributed by atoms with Crippen LogP contribution in [0.1, 0.15) is 49.9 Å². The van der Waals surface area contributed by atoms with Gasteiger partial charge >= 0.3 is 0 Å². The van der Waals surface area contributed by atoms with E-state index in [1.165, 1.54) is 22.3 Å². The minimum Gasteiger partial charge on any atom is -0.457 e. The van der Waals surface area contributed by atoms with Crippen molar-refractivity contribution in [2.45, 2.75) is 38.5 Å². The Balaban J connectivity index is 1.26. The number of ether oxygens (including phenoxy) is 2. The zero-order valence-electron chi connectivity index (χ0n) is 22.5. The maximum atomic E-state index is 6.16. The van der Waals surface area contributed by atoms with Crippen LogP contribution in [0.4, 0.5) is 0 Å². The second kappa shape index (κ2) is 10.6. The lowest BCUT2D eigenvalue weighted by Crippen LogP contribution is -2.18. The van der Waals surface area contributed by atoms with E-state index in [4.69, 9.17) is 9.47 Å². The first-order chi connectivity index (χ1) is 18.3. The monoisotopic (exact) mass is 498 g/mol. The molecular weight excluding hydrogens is 464 g/mol. The molecule has 0 heterocycles. The van der Waals surface area contributed by atoms with Crippen LogP contribution < -0.4 is 9.47 Å². The highest BCUT2D eigenvalue weighted by Gasteiger charge is 2.23. The third kappa shape index (κ3) is 5.50. The maximum Gasteiger partial charge on any atom is 0.131 e. The zero-order chi connectivity index (χ0) is 26.6. The van der Waals surface area contributed by atoms with E-state index in [-0.39, 0.29) is 10.8 Å². The summed E-state index contributed by atoms with van der Waals surface area (Å²) in [5.41, 5.74) is 4.89. The van der Waals surface area contributed by atoms with Crippen molar-refractivity contribution in [2.75, 3.05) is 0 Å². The Bertz CT molecular complexity index is 1350. The van der Waals surface area contributed by atoms with Gasteiger partial charge in [-0.05, 0) is 58.7 Å². The Kier molecular flexibility index (Phi) is 7.07. The molecule has 0 unspecified atom stereocenters. The average molecular weight is 499 g/mol. The third-order valence-corrected chi connectivity index (χ3v) is 7.42. The van der Waals surface area contributed by atoms with E-state index < -0.39 is 0 Å². The smallest absolute Gasteiger partial charge is 0.131 e. The van der Waals surface area contributed by atoms with E-state index in [2.05, 4.69) is 113 Å². The minimum absolute atomic E-state index is 0.0839. The first-order valence-electron chi connectivity index (χ1n) is 13.1. The molecule has 0 aliphatic carbocycles. The summed E-state index contributed by atoms with van der Waals surface area (Å²) in [6.45, 7) is 8.98. The van der Waals surface area contributed by atoms with Crippen molar-refractivity contribution < 1.29 is 9.47 Å². The Morgan fingerprint density at radius 2 is 0.684 bits per heavy atom. The van der Waals surface area contributed by atoms with Crippen LogP contribution in [0.3, 0.4) is 0 Å². The van der Waals surface area contributed by atoms with E-state index in [1.807, 2.05) is 48.5 Å². The van der Waals surface area contributed by atoms with E-state index in [0.717, 1.165) is 23.0 Å². The summed E-state index contributed by atoms with van der Waals surface area (Å²) in [6.07, 6.45) is 0. The molecule has 0 atom stereocenters. The van der Waals surface area contributed by atoms with Gasteiger partial charge in [0.1, 0.15) is 23.0 Å². The summed E-state index contributed by atoms with van der Waals surface area (Å²) in [5, 5.41) is 0. The normalized spacial score (nSPS) is 11.7. The van der Waals surface area contributed by atoms with Crippen LogP contribution in [0.2, 0.25) is 0 Å². The van der Waals surface area contributed by atoms with Crippen LogP contribution in [0.25, 0.3) is 0 Å². The second-order valence-corrected chi connectivity index (χ2v) is 10.7. The largest absolute Gasteiger partial charge is 0.457 e. The fourth-order valence-corrected chi connectivity index (χ4v) is 4.80. The molecule has 0 N–H and O–H groups in total. The van der Waals surface area contributed by atoms with Crippen molar-refractivity contribution >= 4 is 0 Å². The highest BCUT2D eigenvalue weighted by molar-refractivity contribution is 5.44. The summed E-state index contributed by atoms with van der Waals surface area (Å²) >= 11 is 0. The molecule has 0 saturated carbocycles. The van der Waals surface area contributed by atoms with E-state index in [0.29, 0.717) is 0 Å². The Morgan fingerprint density at radius 3 is 1.05 bits per heavy atom. The van der Waals surface area contributed by atoms with Gasteiger partial charge in [0.15, 0.2) is 0 Å². The molecule has 5 aromatic carbocycles. The van der Waals surface area contributed by atoms with E-state index in [9.17, 15) is 0 Å². The number of benzene rings is 5. The molecule has 0 aromatic heterocycles. The Hall–Kier alpha value is -4.30. The predicted molar refractivity (Wildman–Crippen MR) is 157 cm³/mol. The summed E-state index contributed by atoms with van der Waals surface area (Å²) in [4.78, 5) is 0. The highest BCUT2D eigenvalue weighted by atomic mass is 16.5. The van der Waals surface area contributed by atoms with Crippen LogP contribution >= 0.6 is 0 Å². The van der Waals surface area contributed by atoms with E-state index in [1.54, 1.807) is 0 Å².